The molecule has 0 unspecified atom stereocenters. The fourth-order valence-electron chi connectivity index (χ4n) is 2.14. The molecule has 0 saturated heterocycles. The van der Waals surface area contributed by atoms with Crippen molar-refractivity contribution in [3.63, 3.8) is 0 Å². The molecule has 0 radical (unpaired) electrons. The Labute approximate surface area is 155 Å². The van der Waals surface area contributed by atoms with E-state index in [9.17, 15) is 9.59 Å². The summed E-state index contributed by atoms with van der Waals surface area (Å²) in [7, 11) is 0. The van der Waals surface area contributed by atoms with Crippen molar-refractivity contribution < 1.29 is 19.1 Å². The van der Waals surface area contributed by atoms with Crippen molar-refractivity contribution in [3.05, 3.63) is 57.6 Å². The van der Waals surface area contributed by atoms with Crippen LogP contribution >= 0.6 is 15.9 Å². The van der Waals surface area contributed by atoms with Gasteiger partial charge in [-0.3, -0.25) is 4.79 Å². The molecule has 0 fully saturated rings. The quantitative estimate of drug-likeness (QED) is 0.739. The standard InChI is InChI=1S/C19H20BrNO4/c1-12-4-5-13(2)17(8-12)24-11-19(23)25-10-18(22)21-16-7-6-15(20)9-14(16)3/h4-9H,10-11H2,1-3H3,(H,21,22). The van der Waals surface area contributed by atoms with Crippen molar-refractivity contribution in [1.29, 1.82) is 0 Å². The molecule has 6 heteroatoms. The molecular weight excluding hydrogens is 386 g/mol. The highest BCUT2D eigenvalue weighted by molar-refractivity contribution is 9.10. The van der Waals surface area contributed by atoms with Crippen molar-refractivity contribution >= 4 is 33.5 Å². The van der Waals surface area contributed by atoms with Crippen LogP contribution in [0.2, 0.25) is 0 Å². The topological polar surface area (TPSA) is 64.6 Å². The second-order valence-corrected chi connectivity index (χ2v) is 6.64. The number of halogens is 1. The van der Waals surface area contributed by atoms with E-state index in [-0.39, 0.29) is 13.2 Å². The number of hydrogen-bond donors (Lipinski definition) is 1. The van der Waals surface area contributed by atoms with E-state index in [0.29, 0.717) is 11.4 Å². The summed E-state index contributed by atoms with van der Waals surface area (Å²) in [6.07, 6.45) is 0. The SMILES string of the molecule is Cc1ccc(C)c(OCC(=O)OCC(=O)Nc2ccc(Br)cc2C)c1. The molecule has 0 saturated carbocycles. The molecule has 2 aromatic carbocycles. The normalized spacial score (nSPS) is 10.2. The lowest BCUT2D eigenvalue weighted by Gasteiger charge is -2.11. The summed E-state index contributed by atoms with van der Waals surface area (Å²) in [4.78, 5) is 23.6. The molecule has 25 heavy (non-hydrogen) atoms. The summed E-state index contributed by atoms with van der Waals surface area (Å²) >= 11 is 3.36. The molecule has 0 aliphatic heterocycles. The minimum absolute atomic E-state index is 0.241. The van der Waals surface area contributed by atoms with E-state index in [1.165, 1.54) is 0 Å². The van der Waals surface area contributed by atoms with E-state index >= 15 is 0 Å². The lowest BCUT2D eigenvalue weighted by molar-refractivity contribution is -0.149. The van der Waals surface area contributed by atoms with E-state index in [4.69, 9.17) is 9.47 Å². The van der Waals surface area contributed by atoms with Crippen LogP contribution in [-0.2, 0) is 14.3 Å². The van der Waals surface area contributed by atoms with Crippen molar-refractivity contribution in [2.24, 2.45) is 0 Å². The van der Waals surface area contributed by atoms with Gasteiger partial charge in [0.15, 0.2) is 13.2 Å². The lowest BCUT2D eigenvalue weighted by Crippen LogP contribution is -2.24. The van der Waals surface area contributed by atoms with Gasteiger partial charge in [-0.1, -0.05) is 28.1 Å². The van der Waals surface area contributed by atoms with Gasteiger partial charge in [-0.2, -0.15) is 0 Å². The maximum atomic E-state index is 11.9. The van der Waals surface area contributed by atoms with Crippen LogP contribution in [-0.4, -0.2) is 25.1 Å². The zero-order valence-electron chi connectivity index (χ0n) is 14.4. The van der Waals surface area contributed by atoms with E-state index in [0.717, 1.165) is 21.2 Å². The predicted octanol–water partition coefficient (Wildman–Crippen LogP) is 3.94. The number of anilines is 1. The van der Waals surface area contributed by atoms with Crippen molar-refractivity contribution in [2.75, 3.05) is 18.5 Å². The highest BCUT2D eigenvalue weighted by Crippen LogP contribution is 2.20. The molecule has 0 spiro atoms. The Kier molecular flexibility index (Phi) is 6.58. The Morgan fingerprint density at radius 2 is 1.76 bits per heavy atom. The molecule has 0 bridgehead atoms. The molecule has 2 aromatic rings. The van der Waals surface area contributed by atoms with Crippen LogP contribution in [0.15, 0.2) is 40.9 Å². The Morgan fingerprint density at radius 3 is 2.48 bits per heavy atom. The second kappa shape index (κ2) is 8.67. The van der Waals surface area contributed by atoms with Crippen LogP contribution in [0, 0.1) is 20.8 Å². The second-order valence-electron chi connectivity index (χ2n) is 5.73. The first-order valence-electron chi connectivity index (χ1n) is 7.77. The highest BCUT2D eigenvalue weighted by Gasteiger charge is 2.11. The third-order valence-electron chi connectivity index (χ3n) is 3.52. The summed E-state index contributed by atoms with van der Waals surface area (Å²) < 4.78 is 11.3. The predicted molar refractivity (Wildman–Crippen MR) is 99.9 cm³/mol. The fraction of sp³-hybridized carbons (Fsp3) is 0.263. The summed E-state index contributed by atoms with van der Waals surface area (Å²) in [6, 6.07) is 11.2. The summed E-state index contributed by atoms with van der Waals surface area (Å²) in [5.74, 6) is -0.360. The van der Waals surface area contributed by atoms with Gasteiger partial charge in [0.2, 0.25) is 0 Å². The first kappa shape index (κ1) is 19.0. The molecule has 0 aliphatic carbocycles. The Morgan fingerprint density at radius 1 is 1.00 bits per heavy atom. The maximum absolute atomic E-state index is 11.9. The Bertz CT molecular complexity index is 789. The van der Waals surface area contributed by atoms with Crippen molar-refractivity contribution in [3.8, 4) is 5.75 Å². The van der Waals surface area contributed by atoms with E-state index < -0.39 is 11.9 Å². The number of ether oxygens (including phenoxy) is 2. The molecule has 0 atom stereocenters. The van der Waals surface area contributed by atoms with Gasteiger partial charge in [-0.05, 0) is 61.7 Å². The van der Waals surface area contributed by atoms with E-state index in [1.54, 1.807) is 6.07 Å². The van der Waals surface area contributed by atoms with Crippen molar-refractivity contribution in [1.82, 2.24) is 0 Å². The minimum atomic E-state index is -0.594. The van der Waals surface area contributed by atoms with Crippen LogP contribution < -0.4 is 10.1 Å². The third kappa shape index (κ3) is 5.90. The Balaban J connectivity index is 1.79. The van der Waals surface area contributed by atoms with Crippen LogP contribution in [0.5, 0.6) is 5.75 Å². The number of nitrogens with one attached hydrogen (secondary N) is 1. The number of carbonyl (C=O) groups excluding carboxylic acids is 2. The fourth-order valence-corrected chi connectivity index (χ4v) is 2.62. The van der Waals surface area contributed by atoms with Crippen LogP contribution in [0.1, 0.15) is 16.7 Å². The first-order chi connectivity index (χ1) is 11.8. The van der Waals surface area contributed by atoms with Gasteiger partial charge >= 0.3 is 5.97 Å². The average Bonchev–Trinajstić information content (AvgIpc) is 2.56. The van der Waals surface area contributed by atoms with E-state index in [1.807, 2.05) is 51.1 Å². The number of hydrogen-bond acceptors (Lipinski definition) is 4. The smallest absolute Gasteiger partial charge is 0.344 e. The van der Waals surface area contributed by atoms with Crippen molar-refractivity contribution in [2.45, 2.75) is 20.8 Å². The number of rotatable bonds is 6. The highest BCUT2D eigenvalue weighted by atomic mass is 79.9. The summed E-state index contributed by atoms with van der Waals surface area (Å²) in [5, 5.41) is 2.71. The number of carbonyl (C=O) groups is 2. The third-order valence-corrected chi connectivity index (χ3v) is 4.01. The molecule has 0 heterocycles. The maximum Gasteiger partial charge on any atom is 0.344 e. The van der Waals surface area contributed by atoms with Crippen LogP contribution in [0.25, 0.3) is 0 Å². The summed E-state index contributed by atoms with van der Waals surface area (Å²) in [5.41, 5.74) is 3.56. The number of amides is 1. The van der Waals surface area contributed by atoms with E-state index in [2.05, 4.69) is 21.2 Å². The van der Waals surface area contributed by atoms with Gasteiger partial charge in [-0.15, -0.1) is 0 Å². The number of aryl methyl sites for hydroxylation is 3. The van der Waals surface area contributed by atoms with Gasteiger partial charge < -0.3 is 14.8 Å². The zero-order valence-corrected chi connectivity index (χ0v) is 16.0. The van der Waals surface area contributed by atoms with Gasteiger partial charge in [-0.25, -0.2) is 4.79 Å². The van der Waals surface area contributed by atoms with Crippen LogP contribution in [0.3, 0.4) is 0 Å². The minimum Gasteiger partial charge on any atom is -0.482 e. The molecule has 1 N–H and O–H groups in total. The van der Waals surface area contributed by atoms with Gasteiger partial charge in [0, 0.05) is 10.2 Å². The molecule has 1 amide bonds. The molecule has 5 nitrogen and oxygen atoms in total. The average molecular weight is 406 g/mol. The molecule has 2 rings (SSSR count). The Hall–Kier alpha value is -2.34. The zero-order chi connectivity index (χ0) is 18.4. The monoisotopic (exact) mass is 405 g/mol. The molecule has 0 aliphatic rings. The first-order valence-corrected chi connectivity index (χ1v) is 8.56. The molecular formula is C19H20BrNO4. The summed E-state index contributed by atoms with van der Waals surface area (Å²) in [6.45, 7) is 5.12. The lowest BCUT2D eigenvalue weighted by atomic mass is 10.1. The van der Waals surface area contributed by atoms with Gasteiger partial charge in [0.05, 0.1) is 0 Å². The van der Waals surface area contributed by atoms with Crippen LogP contribution in [0.4, 0.5) is 5.69 Å². The largest absolute Gasteiger partial charge is 0.482 e. The number of esters is 1. The van der Waals surface area contributed by atoms with Gasteiger partial charge in [0.25, 0.3) is 5.91 Å². The molecule has 0 aromatic heterocycles. The molecule has 132 valence electrons. The number of benzene rings is 2. The van der Waals surface area contributed by atoms with Gasteiger partial charge in [0.1, 0.15) is 5.75 Å².